The van der Waals surface area contributed by atoms with E-state index in [-0.39, 0.29) is 12.6 Å². The molecule has 0 aliphatic carbocycles. The highest BCUT2D eigenvalue weighted by atomic mass is 79.9. The second-order valence-corrected chi connectivity index (χ2v) is 6.65. The summed E-state index contributed by atoms with van der Waals surface area (Å²) in [6.07, 6.45) is 0.828. The molecule has 3 aromatic rings. The fourth-order valence-electron chi connectivity index (χ4n) is 2.47. The molecule has 0 aliphatic rings. The standard InChI is InChI=1S/C22H19BrO3/c23-20-15-19(22(24)26-16-18-9-5-2-6-10-18)11-12-21(20)25-14-13-17-7-3-1-4-8-17/h1-12,15H,13-14,16H2. The third-order valence-corrected chi connectivity index (χ3v) is 4.49. The van der Waals surface area contributed by atoms with Crippen molar-refractivity contribution in [2.24, 2.45) is 0 Å². The van der Waals surface area contributed by atoms with Crippen molar-refractivity contribution in [3.63, 3.8) is 0 Å². The number of benzene rings is 3. The molecule has 0 radical (unpaired) electrons. The zero-order chi connectivity index (χ0) is 18.2. The van der Waals surface area contributed by atoms with Gasteiger partial charge in [-0.25, -0.2) is 4.79 Å². The first-order chi connectivity index (χ1) is 12.7. The minimum atomic E-state index is -0.356. The zero-order valence-electron chi connectivity index (χ0n) is 14.2. The van der Waals surface area contributed by atoms with E-state index in [0.717, 1.165) is 16.5 Å². The van der Waals surface area contributed by atoms with Crippen molar-refractivity contribution in [3.8, 4) is 5.75 Å². The first-order valence-electron chi connectivity index (χ1n) is 8.40. The van der Waals surface area contributed by atoms with Gasteiger partial charge in [-0.3, -0.25) is 0 Å². The van der Waals surface area contributed by atoms with E-state index in [4.69, 9.17) is 9.47 Å². The Hall–Kier alpha value is -2.59. The maximum Gasteiger partial charge on any atom is 0.338 e. The molecule has 3 aromatic carbocycles. The Morgan fingerprint density at radius 1 is 0.846 bits per heavy atom. The van der Waals surface area contributed by atoms with Crippen molar-refractivity contribution in [3.05, 3.63) is 100 Å². The van der Waals surface area contributed by atoms with E-state index in [2.05, 4.69) is 28.1 Å². The maximum absolute atomic E-state index is 12.2. The predicted molar refractivity (Wildman–Crippen MR) is 105 cm³/mol. The molecule has 0 aliphatic heterocycles. The van der Waals surface area contributed by atoms with Crippen LogP contribution in [0.2, 0.25) is 0 Å². The van der Waals surface area contributed by atoms with Crippen molar-refractivity contribution in [2.75, 3.05) is 6.61 Å². The Bertz CT molecular complexity index is 848. The number of carbonyl (C=O) groups is 1. The molecule has 0 unspecified atom stereocenters. The first kappa shape index (κ1) is 18.2. The van der Waals surface area contributed by atoms with Crippen LogP contribution in [0.1, 0.15) is 21.5 Å². The third-order valence-electron chi connectivity index (χ3n) is 3.87. The minimum Gasteiger partial charge on any atom is -0.492 e. The van der Waals surface area contributed by atoms with Crippen LogP contribution in [0.5, 0.6) is 5.75 Å². The van der Waals surface area contributed by atoms with Crippen molar-refractivity contribution in [1.29, 1.82) is 0 Å². The SMILES string of the molecule is O=C(OCc1ccccc1)c1ccc(OCCc2ccccc2)c(Br)c1. The van der Waals surface area contributed by atoms with Crippen LogP contribution in [-0.2, 0) is 17.8 Å². The summed E-state index contributed by atoms with van der Waals surface area (Å²) < 4.78 is 11.9. The van der Waals surface area contributed by atoms with Gasteiger partial charge < -0.3 is 9.47 Å². The topological polar surface area (TPSA) is 35.5 Å². The molecule has 0 atom stereocenters. The van der Waals surface area contributed by atoms with Gasteiger partial charge >= 0.3 is 5.97 Å². The summed E-state index contributed by atoms with van der Waals surface area (Å²) in [5, 5.41) is 0. The van der Waals surface area contributed by atoms with Gasteiger partial charge in [0.05, 0.1) is 16.6 Å². The molecule has 4 heteroatoms. The second kappa shape index (κ2) is 9.20. The maximum atomic E-state index is 12.2. The lowest BCUT2D eigenvalue weighted by atomic mass is 10.2. The van der Waals surface area contributed by atoms with Gasteiger partial charge in [0.2, 0.25) is 0 Å². The van der Waals surface area contributed by atoms with Crippen LogP contribution in [0.25, 0.3) is 0 Å². The van der Waals surface area contributed by atoms with Crippen molar-refractivity contribution in [2.45, 2.75) is 13.0 Å². The summed E-state index contributed by atoms with van der Waals surface area (Å²) in [5.74, 6) is 0.353. The first-order valence-corrected chi connectivity index (χ1v) is 9.19. The Balaban J connectivity index is 1.54. The van der Waals surface area contributed by atoms with E-state index in [1.807, 2.05) is 48.5 Å². The predicted octanol–water partition coefficient (Wildman–Crippen LogP) is 5.43. The highest BCUT2D eigenvalue weighted by Gasteiger charge is 2.11. The molecule has 3 rings (SSSR count). The van der Waals surface area contributed by atoms with Gasteiger partial charge in [-0.2, -0.15) is 0 Å². The Morgan fingerprint density at radius 2 is 1.50 bits per heavy atom. The minimum absolute atomic E-state index is 0.257. The van der Waals surface area contributed by atoms with Crippen LogP contribution in [0.15, 0.2) is 83.3 Å². The number of rotatable bonds is 7. The molecule has 0 saturated carbocycles. The molecular weight excluding hydrogens is 392 g/mol. The lowest BCUT2D eigenvalue weighted by molar-refractivity contribution is 0.0472. The molecular formula is C22H19BrO3. The highest BCUT2D eigenvalue weighted by Crippen LogP contribution is 2.26. The number of halogens is 1. The van der Waals surface area contributed by atoms with Crippen LogP contribution >= 0.6 is 15.9 Å². The highest BCUT2D eigenvalue weighted by molar-refractivity contribution is 9.10. The average molecular weight is 411 g/mol. The van der Waals surface area contributed by atoms with E-state index in [1.54, 1.807) is 18.2 Å². The van der Waals surface area contributed by atoms with Gasteiger partial charge in [-0.05, 0) is 45.3 Å². The summed E-state index contributed by atoms with van der Waals surface area (Å²) in [6.45, 7) is 0.826. The number of esters is 1. The van der Waals surface area contributed by atoms with Crippen molar-refractivity contribution in [1.82, 2.24) is 0 Å². The second-order valence-electron chi connectivity index (χ2n) is 5.79. The average Bonchev–Trinajstić information content (AvgIpc) is 2.69. The number of hydrogen-bond donors (Lipinski definition) is 0. The fourth-order valence-corrected chi connectivity index (χ4v) is 2.97. The Kier molecular flexibility index (Phi) is 6.45. The largest absolute Gasteiger partial charge is 0.492 e. The third kappa shape index (κ3) is 5.20. The van der Waals surface area contributed by atoms with E-state index in [1.165, 1.54) is 5.56 Å². The smallest absolute Gasteiger partial charge is 0.338 e. The van der Waals surface area contributed by atoms with Crippen molar-refractivity contribution >= 4 is 21.9 Å². The molecule has 0 saturated heterocycles. The summed E-state index contributed by atoms with van der Waals surface area (Å²) in [7, 11) is 0. The number of ether oxygens (including phenoxy) is 2. The molecule has 0 bridgehead atoms. The molecule has 0 aromatic heterocycles. The van der Waals surface area contributed by atoms with Crippen molar-refractivity contribution < 1.29 is 14.3 Å². The van der Waals surface area contributed by atoms with E-state index >= 15 is 0 Å². The molecule has 26 heavy (non-hydrogen) atoms. The van der Waals surface area contributed by atoms with E-state index < -0.39 is 0 Å². The zero-order valence-corrected chi connectivity index (χ0v) is 15.8. The summed E-state index contributed by atoms with van der Waals surface area (Å²) in [5.41, 5.74) is 2.67. The van der Waals surface area contributed by atoms with Gasteiger partial charge in [0, 0.05) is 6.42 Å². The van der Waals surface area contributed by atoms with Gasteiger partial charge in [-0.1, -0.05) is 60.7 Å². The Morgan fingerprint density at radius 3 is 2.15 bits per heavy atom. The molecule has 0 amide bonds. The van der Waals surface area contributed by atoms with Gasteiger partial charge in [0.15, 0.2) is 0 Å². The number of hydrogen-bond acceptors (Lipinski definition) is 3. The molecule has 0 N–H and O–H groups in total. The van der Waals surface area contributed by atoms with E-state index in [0.29, 0.717) is 17.9 Å². The molecule has 132 valence electrons. The fraction of sp³-hybridized carbons (Fsp3) is 0.136. The summed E-state index contributed by atoms with van der Waals surface area (Å²) in [6, 6.07) is 25.0. The summed E-state index contributed by atoms with van der Waals surface area (Å²) >= 11 is 3.47. The van der Waals surface area contributed by atoms with Gasteiger partial charge in [0.25, 0.3) is 0 Å². The van der Waals surface area contributed by atoms with Crippen LogP contribution < -0.4 is 4.74 Å². The quantitative estimate of drug-likeness (QED) is 0.487. The van der Waals surface area contributed by atoms with Crippen LogP contribution in [0, 0.1) is 0 Å². The van der Waals surface area contributed by atoms with Gasteiger partial charge in [0.1, 0.15) is 12.4 Å². The molecule has 0 spiro atoms. The normalized spacial score (nSPS) is 10.3. The molecule has 0 heterocycles. The van der Waals surface area contributed by atoms with Crippen LogP contribution in [0.4, 0.5) is 0 Å². The lowest BCUT2D eigenvalue weighted by Crippen LogP contribution is -2.06. The van der Waals surface area contributed by atoms with Gasteiger partial charge in [-0.15, -0.1) is 0 Å². The van der Waals surface area contributed by atoms with Crippen LogP contribution in [0.3, 0.4) is 0 Å². The lowest BCUT2D eigenvalue weighted by Gasteiger charge is -2.10. The number of carbonyl (C=O) groups excluding carboxylic acids is 1. The van der Waals surface area contributed by atoms with Crippen LogP contribution in [-0.4, -0.2) is 12.6 Å². The monoisotopic (exact) mass is 410 g/mol. The summed E-state index contributed by atoms with van der Waals surface area (Å²) in [4.78, 5) is 12.2. The Labute approximate surface area is 161 Å². The van der Waals surface area contributed by atoms with E-state index in [9.17, 15) is 4.79 Å². The molecule has 0 fully saturated rings. The molecule has 3 nitrogen and oxygen atoms in total.